The first kappa shape index (κ1) is 33.1. The average Bonchev–Trinajstić information content (AvgIpc) is 3.66. The number of nitrogens with one attached hydrogen (secondary N) is 2. The number of carbonyl (C=O) groups is 4. The molecule has 5 heterocycles. The number of carboxylic acid groups (broad SMARTS) is 1. The van der Waals surface area contributed by atoms with E-state index in [9.17, 15) is 34.5 Å². The monoisotopic (exact) mass is 692 g/mol. The molecular formula is C25H28N10O8S3. The highest BCUT2D eigenvalue weighted by atomic mass is 32.2. The maximum atomic E-state index is 13.1. The van der Waals surface area contributed by atoms with Crippen molar-refractivity contribution in [3.63, 3.8) is 0 Å². The zero-order chi connectivity index (χ0) is 33.2. The van der Waals surface area contributed by atoms with Crippen LogP contribution in [0.1, 0.15) is 23.9 Å². The molecule has 3 aromatic rings. The number of hydrazine groups is 1. The maximum absolute atomic E-state index is 13.1. The lowest BCUT2D eigenvalue weighted by Crippen LogP contribution is -2.70. The van der Waals surface area contributed by atoms with E-state index in [-0.39, 0.29) is 36.8 Å². The summed E-state index contributed by atoms with van der Waals surface area (Å²) in [4.78, 5) is 65.2. The van der Waals surface area contributed by atoms with Gasteiger partial charge in [0.15, 0.2) is 10.8 Å². The van der Waals surface area contributed by atoms with E-state index < -0.39 is 40.7 Å². The molecule has 18 nitrogen and oxygen atoms in total. The van der Waals surface area contributed by atoms with Gasteiger partial charge in [-0.2, -0.15) is 5.10 Å². The minimum absolute atomic E-state index is 0.0529. The Morgan fingerprint density at radius 1 is 1.28 bits per heavy atom. The molecule has 0 aliphatic carbocycles. The number of aromatic nitrogens is 4. The van der Waals surface area contributed by atoms with Gasteiger partial charge in [0.2, 0.25) is 5.60 Å². The lowest BCUT2D eigenvalue weighted by molar-refractivity contribution is -0.150. The van der Waals surface area contributed by atoms with Crippen molar-refractivity contribution in [2.45, 2.75) is 48.6 Å². The predicted octanol–water partition coefficient (Wildman–Crippen LogP) is -1.42. The molecular weight excluding hydrogens is 665 g/mol. The molecule has 3 unspecified atom stereocenters. The number of aliphatic hydroxyl groups excluding tert-OH is 2. The van der Waals surface area contributed by atoms with Crippen molar-refractivity contribution in [2.24, 2.45) is 11.0 Å². The Kier molecular flexibility index (Phi) is 9.79. The highest BCUT2D eigenvalue weighted by Crippen LogP contribution is 2.41. The zero-order valence-corrected chi connectivity index (χ0v) is 26.4. The van der Waals surface area contributed by atoms with Crippen LogP contribution >= 0.6 is 34.9 Å². The third kappa shape index (κ3) is 6.50. The molecule has 1 fully saturated rings. The minimum atomic E-state index is -1.63. The Hall–Kier alpha value is -4.28. The Labute approximate surface area is 272 Å². The molecule has 0 saturated carbocycles. The van der Waals surface area contributed by atoms with Crippen LogP contribution in [0.5, 0.6) is 0 Å². The molecule has 3 aromatic heterocycles. The highest BCUT2D eigenvalue weighted by Gasteiger charge is 2.54. The third-order valence-electron chi connectivity index (χ3n) is 6.96. The number of thiazole rings is 1. The number of rotatable bonds is 13. The Bertz CT molecular complexity index is 1760. The van der Waals surface area contributed by atoms with Gasteiger partial charge < -0.3 is 31.2 Å². The van der Waals surface area contributed by atoms with Crippen molar-refractivity contribution in [1.29, 1.82) is 0 Å². The zero-order valence-electron chi connectivity index (χ0n) is 23.9. The van der Waals surface area contributed by atoms with Gasteiger partial charge >= 0.3 is 5.97 Å². The van der Waals surface area contributed by atoms with Gasteiger partial charge in [-0.05, 0) is 18.6 Å². The fraction of sp³-hybridized carbons (Fsp3) is 0.360. The number of aliphatic hydroxyl groups is 2. The molecule has 244 valence electrons. The van der Waals surface area contributed by atoms with Crippen molar-refractivity contribution in [1.82, 2.24) is 35.2 Å². The molecule has 9 N–H and O–H groups in total. The maximum Gasteiger partial charge on any atom is 0.352 e. The van der Waals surface area contributed by atoms with Crippen molar-refractivity contribution < 1.29 is 39.3 Å². The van der Waals surface area contributed by atoms with Gasteiger partial charge in [0.1, 0.15) is 28.4 Å². The van der Waals surface area contributed by atoms with E-state index in [4.69, 9.17) is 16.4 Å². The number of β-lactam (4-membered cyclic amide) rings is 1. The fourth-order valence-electron chi connectivity index (χ4n) is 4.72. The van der Waals surface area contributed by atoms with Crippen molar-refractivity contribution >= 4 is 75.5 Å². The summed E-state index contributed by atoms with van der Waals surface area (Å²) in [5, 5.41) is 41.4. The molecule has 5 rings (SSSR count). The average molecular weight is 693 g/mol. The van der Waals surface area contributed by atoms with Crippen LogP contribution in [-0.4, -0.2) is 98.2 Å². The number of carboxylic acids is 1. The summed E-state index contributed by atoms with van der Waals surface area (Å²) in [5.74, 6) is 2.24. The predicted molar refractivity (Wildman–Crippen MR) is 166 cm³/mol. The van der Waals surface area contributed by atoms with Gasteiger partial charge in [0.25, 0.3) is 17.7 Å². The lowest BCUT2D eigenvalue weighted by atomic mass is 10.00. The van der Waals surface area contributed by atoms with Crippen molar-refractivity contribution in [2.75, 3.05) is 17.2 Å². The van der Waals surface area contributed by atoms with Crippen LogP contribution in [0.3, 0.4) is 0 Å². The van der Waals surface area contributed by atoms with Crippen LogP contribution in [-0.2, 0) is 43.7 Å². The molecule has 2 aliphatic rings. The number of anilines is 1. The Morgan fingerprint density at radius 3 is 2.72 bits per heavy atom. The number of thioether (sulfide) groups is 2. The van der Waals surface area contributed by atoms with E-state index in [0.29, 0.717) is 38.3 Å². The summed E-state index contributed by atoms with van der Waals surface area (Å²) in [6, 6.07) is 0.578. The number of aliphatic carboxylic acids is 1. The number of oxime groups is 1. The van der Waals surface area contributed by atoms with Crippen LogP contribution in [0.15, 0.2) is 39.1 Å². The molecule has 21 heteroatoms. The van der Waals surface area contributed by atoms with E-state index in [1.807, 2.05) is 5.43 Å². The summed E-state index contributed by atoms with van der Waals surface area (Å²) in [7, 11) is 0. The van der Waals surface area contributed by atoms with Gasteiger partial charge in [-0.1, -0.05) is 5.16 Å². The molecule has 46 heavy (non-hydrogen) atoms. The summed E-state index contributed by atoms with van der Waals surface area (Å²) < 4.78 is 1.49. The Balaban J connectivity index is 1.25. The minimum Gasteiger partial charge on any atom is -0.477 e. The van der Waals surface area contributed by atoms with Gasteiger partial charge in [0, 0.05) is 28.9 Å². The smallest absolute Gasteiger partial charge is 0.352 e. The summed E-state index contributed by atoms with van der Waals surface area (Å²) in [6.45, 7) is 0.743. The second-order valence-corrected chi connectivity index (χ2v) is 13.1. The van der Waals surface area contributed by atoms with E-state index >= 15 is 0 Å². The molecule has 0 radical (unpaired) electrons. The molecule has 3 atom stereocenters. The van der Waals surface area contributed by atoms with Gasteiger partial charge in [0.05, 0.1) is 30.8 Å². The number of amides is 3. The number of hydrogen-bond donors (Lipinski definition) is 7. The van der Waals surface area contributed by atoms with Crippen LogP contribution in [0.2, 0.25) is 0 Å². The number of carbonyl (C=O) groups excluding carboxylic acids is 3. The third-order valence-corrected chi connectivity index (χ3v) is 10.1. The van der Waals surface area contributed by atoms with E-state index in [0.717, 1.165) is 11.1 Å². The van der Waals surface area contributed by atoms with Crippen molar-refractivity contribution in [3.05, 3.63) is 45.9 Å². The number of nitrogens with two attached hydrogens (primary N) is 2. The van der Waals surface area contributed by atoms with Crippen LogP contribution < -0.4 is 22.3 Å². The van der Waals surface area contributed by atoms with E-state index in [1.54, 1.807) is 11.4 Å². The van der Waals surface area contributed by atoms with Crippen molar-refractivity contribution in [3.8, 4) is 0 Å². The second-order valence-electron chi connectivity index (χ2n) is 10.1. The van der Waals surface area contributed by atoms with Crippen LogP contribution in [0.25, 0.3) is 5.65 Å². The first-order valence-electron chi connectivity index (χ1n) is 13.3. The number of nitrogens with zero attached hydrogens (tertiary/aromatic N) is 6. The van der Waals surface area contributed by atoms with Gasteiger partial charge in [-0.15, -0.1) is 34.9 Å². The SMILES string of the molecule is CC(Cc1csc(N)n1)(O/N=C/C(=O)NC1C(=O)N2C(C(=O)O)=C(CSc3cc(CO)nc4c(CO)cnn34)CSC12)C(=O)NN. The molecule has 0 bridgehead atoms. The summed E-state index contributed by atoms with van der Waals surface area (Å²) in [6.07, 6.45) is 2.16. The number of nitrogen functional groups attached to an aromatic ring is 1. The first-order chi connectivity index (χ1) is 22.0. The first-order valence-corrected chi connectivity index (χ1v) is 16.2. The van der Waals surface area contributed by atoms with Crippen LogP contribution in [0, 0.1) is 0 Å². The number of fused-ring (bicyclic) bond motifs is 2. The van der Waals surface area contributed by atoms with Gasteiger partial charge in [-0.3, -0.25) is 24.7 Å². The summed E-state index contributed by atoms with van der Waals surface area (Å²) in [5.41, 5.74) is 7.90. The summed E-state index contributed by atoms with van der Waals surface area (Å²) >= 11 is 3.68. The lowest BCUT2D eigenvalue weighted by Gasteiger charge is -2.49. The quantitative estimate of drug-likeness (QED) is 0.0206. The standard InChI is InChI=1S/C25H28N10O8S3/c1-25(23(42)33-27,3-14-10-46-24(26)31-14)43-29-5-15(38)32-17-20(39)34-18(22(40)41)12(9-45-21(17)34)8-44-16-2-13(7-37)30-19-11(6-36)4-28-35(16)19/h2,4-5,10,17,21,36-37H,3,6-9,27H2,1H3,(H2,26,31)(H,32,38)(H,33,42)(H,40,41)/b29-5+. The van der Waals surface area contributed by atoms with Crippen LogP contribution in [0.4, 0.5) is 5.13 Å². The molecule has 1 saturated heterocycles. The Morgan fingerprint density at radius 2 is 2.07 bits per heavy atom. The molecule has 3 amide bonds. The van der Waals surface area contributed by atoms with E-state index in [1.165, 1.54) is 52.5 Å². The largest absolute Gasteiger partial charge is 0.477 e. The van der Waals surface area contributed by atoms with Gasteiger partial charge in [-0.25, -0.2) is 25.1 Å². The second kappa shape index (κ2) is 13.6. The molecule has 2 aliphatic heterocycles. The molecule has 0 spiro atoms. The highest BCUT2D eigenvalue weighted by molar-refractivity contribution is 8.01. The fourth-order valence-corrected chi connectivity index (χ4v) is 7.79. The number of hydrogen-bond acceptors (Lipinski definition) is 16. The molecule has 0 aromatic carbocycles. The topological polar surface area (TPSA) is 273 Å². The normalized spacial score (nSPS) is 19.1. The van der Waals surface area contributed by atoms with E-state index in [2.05, 4.69) is 25.5 Å².